The standard InChI is InChI=1S/C24H31N3O6S2/c1-4-12-27-19-11-10-17(23(30)33-6-3)14-20(19)34-24(27)25-21(28)15-35(31,32)16-22(29)26-13-8-7-9-18(26)5-2/h4,10-11,14,18H,1,5-9,12-13,15-16H2,2-3H3. The number of aromatic nitrogens is 1. The van der Waals surface area contributed by atoms with Gasteiger partial charge in [-0.15, -0.1) is 6.58 Å². The SMILES string of the molecule is C=CCn1c(=NC(=O)CS(=O)(=O)CC(=O)N2CCCCC2CC)sc2cc(C(=O)OCC)ccc21. The van der Waals surface area contributed by atoms with Crippen LogP contribution in [0.15, 0.2) is 35.8 Å². The third-order valence-corrected chi connectivity index (χ3v) is 8.25. The minimum Gasteiger partial charge on any atom is -0.462 e. The van der Waals surface area contributed by atoms with Crippen molar-refractivity contribution in [2.45, 2.75) is 52.1 Å². The molecule has 0 bridgehead atoms. The molecule has 2 heterocycles. The first kappa shape index (κ1) is 26.8. The molecule has 11 heteroatoms. The van der Waals surface area contributed by atoms with Gasteiger partial charge in [-0.25, -0.2) is 13.2 Å². The number of likely N-dealkylation sites (tertiary alicyclic amines) is 1. The first-order valence-electron chi connectivity index (χ1n) is 11.7. The summed E-state index contributed by atoms with van der Waals surface area (Å²) >= 11 is 1.16. The summed E-state index contributed by atoms with van der Waals surface area (Å²) in [5.74, 6) is -3.31. The number of carbonyl (C=O) groups is 3. The molecule has 0 radical (unpaired) electrons. The minimum atomic E-state index is -3.98. The van der Waals surface area contributed by atoms with Crippen molar-refractivity contribution >= 4 is 49.2 Å². The Bertz CT molecular complexity index is 1290. The molecule has 1 aliphatic heterocycles. The maximum Gasteiger partial charge on any atom is 0.338 e. The number of nitrogens with zero attached hydrogens (tertiary/aromatic N) is 3. The summed E-state index contributed by atoms with van der Waals surface area (Å²) in [6.45, 7) is 8.56. The Hall–Kier alpha value is -2.79. The Kier molecular flexibility index (Phi) is 9.01. The van der Waals surface area contributed by atoms with Gasteiger partial charge in [-0.3, -0.25) is 9.59 Å². The fraction of sp³-hybridized carbons (Fsp3) is 0.500. The predicted octanol–water partition coefficient (Wildman–Crippen LogP) is 2.70. The first-order chi connectivity index (χ1) is 16.7. The van der Waals surface area contributed by atoms with E-state index < -0.39 is 39.1 Å². The number of rotatable bonds is 9. The molecular formula is C24H31N3O6S2. The van der Waals surface area contributed by atoms with Gasteiger partial charge in [0.15, 0.2) is 14.6 Å². The third kappa shape index (κ3) is 6.66. The lowest BCUT2D eigenvalue weighted by Crippen LogP contribution is -2.46. The summed E-state index contributed by atoms with van der Waals surface area (Å²) in [5, 5.41) is 0. The molecule has 1 aromatic carbocycles. The van der Waals surface area contributed by atoms with Crippen molar-refractivity contribution in [3.63, 3.8) is 0 Å². The van der Waals surface area contributed by atoms with Gasteiger partial charge in [0.2, 0.25) is 5.91 Å². The number of amides is 2. The zero-order chi connectivity index (χ0) is 25.6. The summed E-state index contributed by atoms with van der Waals surface area (Å²) < 4.78 is 32.7. The molecule has 1 saturated heterocycles. The van der Waals surface area contributed by atoms with Crippen LogP contribution in [0.3, 0.4) is 0 Å². The number of benzene rings is 1. The molecule has 190 valence electrons. The number of sulfone groups is 1. The van der Waals surface area contributed by atoms with Gasteiger partial charge in [-0.1, -0.05) is 24.3 Å². The van der Waals surface area contributed by atoms with Crippen molar-refractivity contribution in [2.24, 2.45) is 4.99 Å². The average molecular weight is 522 g/mol. The van der Waals surface area contributed by atoms with E-state index in [4.69, 9.17) is 4.74 Å². The van der Waals surface area contributed by atoms with Crippen LogP contribution in [-0.4, -0.2) is 66.4 Å². The molecular weight excluding hydrogens is 490 g/mol. The van der Waals surface area contributed by atoms with Crippen molar-refractivity contribution in [1.82, 2.24) is 9.47 Å². The van der Waals surface area contributed by atoms with E-state index in [1.165, 1.54) is 0 Å². The summed E-state index contributed by atoms with van der Waals surface area (Å²) in [7, 11) is -3.98. The molecule has 1 unspecified atom stereocenters. The Labute approximate surface area is 209 Å². The Morgan fingerprint density at radius 3 is 2.69 bits per heavy atom. The molecule has 35 heavy (non-hydrogen) atoms. The lowest BCUT2D eigenvalue weighted by atomic mass is 10.0. The topological polar surface area (TPSA) is 115 Å². The van der Waals surface area contributed by atoms with Crippen LogP contribution in [0.25, 0.3) is 10.2 Å². The maximum absolute atomic E-state index is 12.7. The van der Waals surface area contributed by atoms with E-state index >= 15 is 0 Å². The molecule has 1 atom stereocenters. The van der Waals surface area contributed by atoms with E-state index in [0.29, 0.717) is 23.4 Å². The molecule has 0 saturated carbocycles. The summed E-state index contributed by atoms with van der Waals surface area (Å²) in [5.41, 5.74) is 1.09. The second-order valence-electron chi connectivity index (χ2n) is 8.37. The van der Waals surface area contributed by atoms with Crippen molar-refractivity contribution in [3.8, 4) is 0 Å². The second-order valence-corrected chi connectivity index (χ2v) is 11.4. The second kappa shape index (κ2) is 11.8. The highest BCUT2D eigenvalue weighted by Crippen LogP contribution is 2.21. The van der Waals surface area contributed by atoms with E-state index in [1.54, 1.807) is 40.7 Å². The number of ether oxygens (including phenoxy) is 1. The highest BCUT2D eigenvalue weighted by Gasteiger charge is 2.29. The fourth-order valence-electron chi connectivity index (χ4n) is 4.21. The van der Waals surface area contributed by atoms with Crippen LogP contribution < -0.4 is 4.80 Å². The molecule has 0 aliphatic carbocycles. The van der Waals surface area contributed by atoms with Crippen molar-refractivity contribution < 1.29 is 27.5 Å². The normalized spacial score (nSPS) is 16.9. The Morgan fingerprint density at radius 2 is 2.00 bits per heavy atom. The van der Waals surface area contributed by atoms with Gasteiger partial charge in [0.25, 0.3) is 5.91 Å². The average Bonchev–Trinajstić information content (AvgIpc) is 3.14. The highest BCUT2D eigenvalue weighted by atomic mass is 32.2. The van der Waals surface area contributed by atoms with Gasteiger partial charge in [-0.05, 0) is 50.8 Å². The monoisotopic (exact) mass is 521 g/mol. The largest absolute Gasteiger partial charge is 0.462 e. The number of fused-ring (bicyclic) bond motifs is 1. The summed E-state index contributed by atoms with van der Waals surface area (Å²) in [6, 6.07) is 5.05. The van der Waals surface area contributed by atoms with Crippen LogP contribution in [0.4, 0.5) is 0 Å². The third-order valence-electron chi connectivity index (χ3n) is 5.83. The van der Waals surface area contributed by atoms with Crippen LogP contribution >= 0.6 is 11.3 Å². The quantitative estimate of drug-likeness (QED) is 0.370. The van der Waals surface area contributed by atoms with Crippen LogP contribution in [0, 0.1) is 0 Å². The fourth-order valence-corrected chi connectivity index (χ4v) is 6.39. The van der Waals surface area contributed by atoms with Gasteiger partial charge in [0, 0.05) is 19.1 Å². The van der Waals surface area contributed by atoms with Gasteiger partial charge >= 0.3 is 5.97 Å². The zero-order valence-corrected chi connectivity index (χ0v) is 21.7. The molecule has 0 N–H and O–H groups in total. The van der Waals surface area contributed by atoms with Gasteiger partial charge in [0.05, 0.1) is 22.4 Å². The molecule has 2 amide bonds. The van der Waals surface area contributed by atoms with Crippen LogP contribution in [0.1, 0.15) is 49.9 Å². The lowest BCUT2D eigenvalue weighted by Gasteiger charge is -2.35. The van der Waals surface area contributed by atoms with Crippen LogP contribution in [-0.2, 0) is 30.7 Å². The molecule has 0 spiro atoms. The molecule has 2 aromatic rings. The number of allylic oxidation sites excluding steroid dienone is 1. The van der Waals surface area contributed by atoms with Crippen LogP contribution in [0.5, 0.6) is 0 Å². The Balaban J connectivity index is 1.82. The van der Waals surface area contributed by atoms with Gasteiger partial charge in [-0.2, -0.15) is 4.99 Å². The number of carbonyl (C=O) groups excluding carboxylic acids is 3. The van der Waals surface area contributed by atoms with Gasteiger partial charge < -0.3 is 14.2 Å². The number of thiazole rings is 1. The Morgan fingerprint density at radius 1 is 1.23 bits per heavy atom. The maximum atomic E-state index is 12.7. The van der Waals surface area contributed by atoms with E-state index in [-0.39, 0.29) is 17.5 Å². The number of esters is 1. The zero-order valence-electron chi connectivity index (χ0n) is 20.1. The minimum absolute atomic E-state index is 0.0442. The smallest absolute Gasteiger partial charge is 0.338 e. The number of hydrogen-bond donors (Lipinski definition) is 0. The first-order valence-corrected chi connectivity index (χ1v) is 14.3. The van der Waals surface area contributed by atoms with E-state index in [9.17, 15) is 22.8 Å². The van der Waals surface area contributed by atoms with E-state index in [2.05, 4.69) is 11.6 Å². The van der Waals surface area contributed by atoms with E-state index in [0.717, 1.165) is 42.5 Å². The van der Waals surface area contributed by atoms with E-state index in [1.807, 2.05) is 6.92 Å². The molecule has 1 aliphatic rings. The molecule has 1 fully saturated rings. The molecule has 1 aromatic heterocycles. The van der Waals surface area contributed by atoms with Crippen LogP contribution in [0.2, 0.25) is 0 Å². The summed E-state index contributed by atoms with van der Waals surface area (Å²) in [4.78, 5) is 43.3. The molecule has 3 rings (SSSR count). The number of hydrogen-bond acceptors (Lipinski definition) is 7. The van der Waals surface area contributed by atoms with Crippen molar-refractivity contribution in [1.29, 1.82) is 0 Å². The summed E-state index contributed by atoms with van der Waals surface area (Å²) in [6.07, 6.45) is 5.14. The van der Waals surface area contributed by atoms with Crippen molar-refractivity contribution in [2.75, 3.05) is 24.7 Å². The lowest BCUT2D eigenvalue weighted by molar-refractivity contribution is -0.132. The van der Waals surface area contributed by atoms with Crippen molar-refractivity contribution in [3.05, 3.63) is 41.2 Å². The number of piperidine rings is 1. The predicted molar refractivity (Wildman–Crippen MR) is 135 cm³/mol. The highest BCUT2D eigenvalue weighted by molar-refractivity contribution is 7.92. The van der Waals surface area contributed by atoms with Gasteiger partial charge in [0.1, 0.15) is 11.5 Å². The molecule has 9 nitrogen and oxygen atoms in total.